The molecule has 0 aliphatic carbocycles. The zero-order chi connectivity index (χ0) is 21.6. The highest BCUT2D eigenvalue weighted by molar-refractivity contribution is 5.95. The summed E-state index contributed by atoms with van der Waals surface area (Å²) in [5.41, 5.74) is 3.06. The highest BCUT2D eigenvalue weighted by atomic mass is 19.1. The summed E-state index contributed by atoms with van der Waals surface area (Å²) >= 11 is 0. The zero-order valence-corrected chi connectivity index (χ0v) is 17.2. The molecule has 2 aromatic rings. The average Bonchev–Trinajstić information content (AvgIpc) is 3.13. The lowest BCUT2D eigenvalue weighted by molar-refractivity contribution is -0.122. The number of rotatable bonds is 4. The molecule has 0 spiro atoms. The minimum atomic E-state index is -0.250. The van der Waals surface area contributed by atoms with Crippen molar-refractivity contribution >= 4 is 18.3 Å². The van der Waals surface area contributed by atoms with Crippen LogP contribution >= 0.6 is 0 Å². The molecule has 1 fully saturated rings. The molecule has 2 heterocycles. The first kappa shape index (κ1) is 22.3. The van der Waals surface area contributed by atoms with Crippen molar-refractivity contribution in [3.63, 3.8) is 0 Å². The van der Waals surface area contributed by atoms with Crippen molar-refractivity contribution in [2.45, 2.75) is 26.7 Å². The second-order valence-corrected chi connectivity index (χ2v) is 7.36. The maximum Gasteiger partial charge on any atom is 0.290 e. The van der Waals surface area contributed by atoms with Crippen LogP contribution in [0.15, 0.2) is 24.4 Å². The van der Waals surface area contributed by atoms with E-state index in [9.17, 15) is 9.18 Å². The predicted molar refractivity (Wildman–Crippen MR) is 109 cm³/mol. The van der Waals surface area contributed by atoms with Crippen molar-refractivity contribution in [3.8, 4) is 0 Å². The number of likely N-dealkylation sites (tertiary alicyclic amines) is 1. The molecule has 0 bridgehead atoms. The summed E-state index contributed by atoms with van der Waals surface area (Å²) in [6.45, 7) is 4.82. The van der Waals surface area contributed by atoms with E-state index < -0.39 is 0 Å². The standard InChI is InChI=1S/C20H25FN4O.CH2O2/c1-13-9-15(5-6-18(13)21)10-16-7-8-25(12-16)19(26)17-11-22-20(24(3)4)23-14(17)2;2-1-3/h5-6,9,11,16H,7-8,10,12H2,1-4H3;1H,(H,2,3). The molecule has 0 saturated carbocycles. The van der Waals surface area contributed by atoms with Crippen LogP contribution in [0.3, 0.4) is 0 Å². The van der Waals surface area contributed by atoms with Crippen LogP contribution in [0.4, 0.5) is 10.3 Å². The highest BCUT2D eigenvalue weighted by Gasteiger charge is 2.28. The van der Waals surface area contributed by atoms with Crippen LogP contribution in [0.25, 0.3) is 0 Å². The van der Waals surface area contributed by atoms with E-state index in [0.29, 0.717) is 35.2 Å². The molecule has 1 atom stereocenters. The highest BCUT2D eigenvalue weighted by Crippen LogP contribution is 2.24. The molecular weight excluding hydrogens is 375 g/mol. The van der Waals surface area contributed by atoms with Gasteiger partial charge in [-0.25, -0.2) is 14.4 Å². The van der Waals surface area contributed by atoms with Gasteiger partial charge < -0.3 is 14.9 Å². The number of hydrogen-bond acceptors (Lipinski definition) is 5. The Hall–Kier alpha value is -3.03. The molecule has 1 amide bonds. The van der Waals surface area contributed by atoms with Crippen LogP contribution in [-0.4, -0.2) is 59.5 Å². The lowest BCUT2D eigenvalue weighted by Gasteiger charge is -2.18. The smallest absolute Gasteiger partial charge is 0.290 e. The summed E-state index contributed by atoms with van der Waals surface area (Å²) in [7, 11) is 3.75. The molecule has 1 aromatic carbocycles. The number of carbonyl (C=O) groups excluding carboxylic acids is 1. The number of anilines is 1. The number of hydrogen-bond donors (Lipinski definition) is 1. The van der Waals surface area contributed by atoms with E-state index in [1.807, 2.05) is 43.0 Å². The summed E-state index contributed by atoms with van der Waals surface area (Å²) in [6, 6.07) is 5.26. The fourth-order valence-corrected chi connectivity index (χ4v) is 3.40. The first-order valence-corrected chi connectivity index (χ1v) is 9.40. The van der Waals surface area contributed by atoms with Crippen molar-refractivity contribution in [2.75, 3.05) is 32.1 Å². The minimum absolute atomic E-state index is 0.00871. The van der Waals surface area contributed by atoms with Gasteiger partial charge in [-0.2, -0.15) is 0 Å². The Labute approximate surface area is 170 Å². The number of nitrogens with zero attached hydrogens (tertiary/aromatic N) is 4. The Morgan fingerprint density at radius 1 is 1.38 bits per heavy atom. The Morgan fingerprint density at radius 3 is 2.66 bits per heavy atom. The fourth-order valence-electron chi connectivity index (χ4n) is 3.40. The average molecular weight is 402 g/mol. The lowest BCUT2D eigenvalue weighted by atomic mass is 9.97. The topological polar surface area (TPSA) is 86.6 Å². The second kappa shape index (κ2) is 9.95. The van der Waals surface area contributed by atoms with Gasteiger partial charge in [0.1, 0.15) is 5.82 Å². The summed E-state index contributed by atoms with van der Waals surface area (Å²) in [5, 5.41) is 6.89. The molecule has 8 heteroatoms. The summed E-state index contributed by atoms with van der Waals surface area (Å²) in [5.74, 6) is 0.815. The van der Waals surface area contributed by atoms with E-state index in [4.69, 9.17) is 9.90 Å². The normalized spacial score (nSPS) is 15.5. The zero-order valence-electron chi connectivity index (χ0n) is 17.2. The maximum atomic E-state index is 13.4. The maximum absolute atomic E-state index is 13.4. The molecule has 7 nitrogen and oxygen atoms in total. The molecule has 1 aliphatic rings. The van der Waals surface area contributed by atoms with Crippen molar-refractivity contribution in [1.29, 1.82) is 0 Å². The molecule has 156 valence electrons. The lowest BCUT2D eigenvalue weighted by Crippen LogP contribution is -2.30. The van der Waals surface area contributed by atoms with Crippen LogP contribution in [0.2, 0.25) is 0 Å². The van der Waals surface area contributed by atoms with Gasteiger partial charge in [-0.05, 0) is 49.8 Å². The van der Waals surface area contributed by atoms with Gasteiger partial charge in [-0.3, -0.25) is 9.59 Å². The third kappa shape index (κ3) is 5.73. The van der Waals surface area contributed by atoms with Crippen LogP contribution in [0, 0.1) is 25.6 Å². The second-order valence-electron chi connectivity index (χ2n) is 7.36. The number of halogens is 1. The number of aryl methyl sites for hydroxylation is 2. The fraction of sp³-hybridized carbons (Fsp3) is 0.429. The number of aromatic nitrogens is 2. The Morgan fingerprint density at radius 2 is 2.07 bits per heavy atom. The minimum Gasteiger partial charge on any atom is -0.483 e. The summed E-state index contributed by atoms with van der Waals surface area (Å²) in [6.07, 6.45) is 3.44. The Balaban J connectivity index is 0.000000941. The summed E-state index contributed by atoms with van der Waals surface area (Å²) in [4.78, 5) is 33.6. The van der Waals surface area contributed by atoms with Gasteiger partial charge in [0.05, 0.1) is 11.3 Å². The van der Waals surface area contributed by atoms with Crippen molar-refractivity contribution in [3.05, 3.63) is 52.6 Å². The molecular formula is C21H27FN4O3. The molecule has 1 unspecified atom stereocenters. The first-order valence-electron chi connectivity index (χ1n) is 9.40. The van der Waals surface area contributed by atoms with Gasteiger partial charge in [0.25, 0.3) is 12.4 Å². The van der Waals surface area contributed by atoms with Crippen molar-refractivity contribution in [2.24, 2.45) is 5.92 Å². The Kier molecular flexibility index (Phi) is 7.64. The van der Waals surface area contributed by atoms with Gasteiger partial charge in [0, 0.05) is 33.4 Å². The van der Waals surface area contributed by atoms with Crippen LogP contribution in [-0.2, 0) is 11.2 Å². The predicted octanol–water partition coefficient (Wildman–Crippen LogP) is 2.70. The van der Waals surface area contributed by atoms with E-state index in [0.717, 1.165) is 24.9 Å². The third-order valence-corrected chi connectivity index (χ3v) is 4.92. The SMILES string of the molecule is Cc1cc(CC2CCN(C(=O)c3cnc(N(C)C)nc3C)C2)ccc1F.O=CO. The van der Waals surface area contributed by atoms with Gasteiger partial charge in [-0.1, -0.05) is 12.1 Å². The van der Waals surface area contributed by atoms with Crippen molar-refractivity contribution < 1.29 is 19.1 Å². The number of amides is 1. The summed E-state index contributed by atoms with van der Waals surface area (Å²) < 4.78 is 13.4. The van der Waals surface area contributed by atoms with Gasteiger partial charge in [-0.15, -0.1) is 0 Å². The van der Waals surface area contributed by atoms with Gasteiger partial charge in [0.15, 0.2) is 0 Å². The number of benzene rings is 1. The van der Waals surface area contributed by atoms with E-state index in [2.05, 4.69) is 9.97 Å². The third-order valence-electron chi connectivity index (χ3n) is 4.92. The van der Waals surface area contributed by atoms with Crippen molar-refractivity contribution in [1.82, 2.24) is 14.9 Å². The van der Waals surface area contributed by atoms with Gasteiger partial charge >= 0.3 is 0 Å². The molecule has 1 N–H and O–H groups in total. The molecule has 1 aromatic heterocycles. The van der Waals surface area contributed by atoms with Crippen LogP contribution in [0.5, 0.6) is 0 Å². The van der Waals surface area contributed by atoms with E-state index in [-0.39, 0.29) is 18.2 Å². The Bertz CT molecular complexity index is 873. The molecule has 1 saturated heterocycles. The van der Waals surface area contributed by atoms with E-state index in [1.54, 1.807) is 13.1 Å². The molecule has 29 heavy (non-hydrogen) atoms. The first-order chi connectivity index (χ1) is 13.8. The van der Waals surface area contributed by atoms with E-state index in [1.165, 1.54) is 6.07 Å². The van der Waals surface area contributed by atoms with Gasteiger partial charge in [0.2, 0.25) is 5.95 Å². The van der Waals surface area contributed by atoms with E-state index >= 15 is 0 Å². The van der Waals surface area contributed by atoms with Crippen LogP contribution < -0.4 is 4.90 Å². The largest absolute Gasteiger partial charge is 0.483 e. The molecule has 1 aliphatic heterocycles. The number of carbonyl (C=O) groups is 2. The monoisotopic (exact) mass is 402 g/mol. The van der Waals surface area contributed by atoms with Crippen LogP contribution in [0.1, 0.15) is 33.6 Å². The molecule has 3 rings (SSSR count). The molecule has 0 radical (unpaired) electrons. The number of carboxylic acid groups (broad SMARTS) is 1. The quantitative estimate of drug-likeness (QED) is 0.792.